The van der Waals surface area contributed by atoms with Crippen LogP contribution in [-0.4, -0.2) is 142 Å². The van der Waals surface area contributed by atoms with Crippen LogP contribution in [0.5, 0.6) is 5.75 Å². The molecule has 1 aromatic rings. The van der Waals surface area contributed by atoms with Gasteiger partial charge in [0.05, 0.1) is 19.3 Å². The molecule has 0 aromatic heterocycles. The van der Waals surface area contributed by atoms with Crippen LogP contribution in [0, 0.1) is 0 Å². The van der Waals surface area contributed by atoms with E-state index in [4.69, 9.17) is 14.2 Å². The topological polar surface area (TPSA) is 104 Å². The lowest BCUT2D eigenvalue weighted by atomic mass is 10.1. The third-order valence-corrected chi connectivity index (χ3v) is 7.49. The quantitative estimate of drug-likeness (QED) is 0.523. The molecule has 1 aromatic carbocycles. The van der Waals surface area contributed by atoms with Gasteiger partial charge in [-0.15, -0.1) is 0 Å². The van der Waals surface area contributed by atoms with Gasteiger partial charge in [-0.2, -0.15) is 0 Å². The van der Waals surface area contributed by atoms with E-state index >= 15 is 0 Å². The van der Waals surface area contributed by atoms with Gasteiger partial charge in [0.15, 0.2) is 0 Å². The third-order valence-electron chi connectivity index (χ3n) is 7.49. The minimum atomic E-state index is -0.905. The number of ether oxygens (including phenoxy) is 3. The Labute approximate surface area is 218 Å². The number of methoxy groups -OCH3 is 1. The molecule has 0 spiro atoms. The van der Waals surface area contributed by atoms with Crippen LogP contribution in [0.3, 0.4) is 0 Å². The van der Waals surface area contributed by atoms with E-state index < -0.39 is 6.04 Å². The van der Waals surface area contributed by atoms with Crippen molar-refractivity contribution in [2.24, 2.45) is 0 Å². The molecule has 0 saturated carbocycles. The van der Waals surface area contributed by atoms with Crippen LogP contribution in [-0.2, 0) is 19.1 Å². The fraction of sp³-hybridized carbons (Fsp3) is 0.654. The number of amides is 3. The zero-order valence-corrected chi connectivity index (χ0v) is 22.1. The van der Waals surface area contributed by atoms with Crippen molar-refractivity contribution in [3.05, 3.63) is 29.8 Å². The molecule has 1 N–H and O–H groups in total. The molecule has 11 heteroatoms. The van der Waals surface area contributed by atoms with Gasteiger partial charge in [-0.05, 0) is 31.7 Å². The number of carbonyl (C=O) groups excluding carboxylic acids is 3. The van der Waals surface area contributed by atoms with Crippen molar-refractivity contribution in [2.45, 2.75) is 24.5 Å². The highest BCUT2D eigenvalue weighted by Gasteiger charge is 2.39. The maximum absolute atomic E-state index is 13.3. The standard InChI is InChI=1S/C26H39N5O6/c1-28-8-10-30(11-9-28)20-14-21-16-37-22-6-4-5-19(13-22)26(34)29(2)23(25(33)27-7-12-35-3)17-36-18-24(32)31(21)15-20/h4-6,13,20-21,23H,7-12,14-18H2,1-3H3,(H,27,33)/t20-,21-,23-/m0/s1. The average Bonchev–Trinajstić information content (AvgIpc) is 3.33. The Balaban J connectivity index is 1.53. The highest BCUT2D eigenvalue weighted by Crippen LogP contribution is 2.25. The highest BCUT2D eigenvalue weighted by atomic mass is 16.5. The summed E-state index contributed by atoms with van der Waals surface area (Å²) in [5.74, 6) is -0.274. The second kappa shape index (κ2) is 12.7. The van der Waals surface area contributed by atoms with E-state index in [1.54, 1.807) is 38.4 Å². The van der Waals surface area contributed by atoms with Crippen molar-refractivity contribution < 1.29 is 28.6 Å². The van der Waals surface area contributed by atoms with Crippen molar-refractivity contribution in [1.82, 2.24) is 24.9 Å². The summed E-state index contributed by atoms with van der Waals surface area (Å²) < 4.78 is 16.9. The first-order valence-corrected chi connectivity index (χ1v) is 12.9. The summed E-state index contributed by atoms with van der Waals surface area (Å²) in [6.45, 7) is 5.33. The van der Waals surface area contributed by atoms with Crippen LogP contribution in [0.2, 0.25) is 0 Å². The Morgan fingerprint density at radius 1 is 1.11 bits per heavy atom. The largest absolute Gasteiger partial charge is 0.491 e. The lowest BCUT2D eigenvalue weighted by Gasteiger charge is -2.36. The number of hydrogen-bond donors (Lipinski definition) is 1. The number of hydrogen-bond acceptors (Lipinski definition) is 8. The first kappa shape index (κ1) is 27.3. The van der Waals surface area contributed by atoms with Crippen LogP contribution >= 0.6 is 0 Å². The SMILES string of the molecule is COCCNC(=O)[C@@H]1COCC(=O)N2C[C@@H](N3CCN(C)CC3)C[C@H]2COc2cccc(c2)C(=O)N1C. The number of piperazine rings is 1. The third kappa shape index (κ3) is 6.78. The molecule has 0 unspecified atom stereocenters. The first-order valence-electron chi connectivity index (χ1n) is 12.9. The van der Waals surface area contributed by atoms with Gasteiger partial charge in [0.25, 0.3) is 5.91 Å². The van der Waals surface area contributed by atoms with Crippen molar-refractivity contribution in [2.75, 3.05) is 86.9 Å². The molecule has 4 rings (SSSR count). The summed E-state index contributed by atoms with van der Waals surface area (Å²) in [5.41, 5.74) is 0.418. The van der Waals surface area contributed by atoms with Crippen LogP contribution in [0.25, 0.3) is 0 Å². The molecule has 3 aliphatic heterocycles. The molecular formula is C26H39N5O6. The van der Waals surface area contributed by atoms with Crippen molar-refractivity contribution in [1.29, 1.82) is 0 Å². The minimum Gasteiger partial charge on any atom is -0.491 e. The number of benzene rings is 1. The Bertz CT molecular complexity index is 953. The molecule has 0 radical (unpaired) electrons. The molecule has 2 bridgehead atoms. The van der Waals surface area contributed by atoms with Crippen LogP contribution in [0.4, 0.5) is 0 Å². The molecule has 0 aliphatic carbocycles. The molecular weight excluding hydrogens is 478 g/mol. The number of fused-ring (bicyclic) bond motifs is 3. The summed E-state index contributed by atoms with van der Waals surface area (Å²) in [6.07, 6.45) is 0.821. The molecule has 37 heavy (non-hydrogen) atoms. The van der Waals surface area contributed by atoms with Gasteiger partial charge in [-0.25, -0.2) is 0 Å². The van der Waals surface area contributed by atoms with Crippen LogP contribution < -0.4 is 10.1 Å². The molecule has 3 aliphatic rings. The summed E-state index contributed by atoms with van der Waals surface area (Å²) in [7, 11) is 5.24. The van der Waals surface area contributed by atoms with E-state index in [1.165, 1.54) is 4.90 Å². The molecule has 204 valence electrons. The van der Waals surface area contributed by atoms with E-state index in [-0.39, 0.29) is 43.0 Å². The minimum absolute atomic E-state index is 0.0939. The normalized spacial score (nSPS) is 26.4. The van der Waals surface area contributed by atoms with Gasteiger partial charge >= 0.3 is 0 Å². The van der Waals surface area contributed by atoms with E-state index in [0.29, 0.717) is 37.6 Å². The van der Waals surface area contributed by atoms with Gasteiger partial charge in [-0.3, -0.25) is 19.3 Å². The second-order valence-corrected chi connectivity index (χ2v) is 10.00. The number of nitrogens with zero attached hydrogens (tertiary/aromatic N) is 4. The van der Waals surface area contributed by atoms with Crippen LogP contribution in [0.15, 0.2) is 24.3 Å². The zero-order chi connectivity index (χ0) is 26.4. The van der Waals surface area contributed by atoms with Gasteiger partial charge in [0, 0.05) is 65.0 Å². The monoisotopic (exact) mass is 517 g/mol. The molecule has 2 saturated heterocycles. The molecule has 11 nitrogen and oxygen atoms in total. The van der Waals surface area contributed by atoms with E-state index in [0.717, 1.165) is 32.6 Å². The highest BCUT2D eigenvalue weighted by molar-refractivity contribution is 5.97. The van der Waals surface area contributed by atoms with Gasteiger partial charge in [0.1, 0.15) is 25.0 Å². The Morgan fingerprint density at radius 2 is 1.89 bits per heavy atom. The molecule has 3 heterocycles. The zero-order valence-electron chi connectivity index (χ0n) is 22.1. The maximum Gasteiger partial charge on any atom is 0.254 e. The summed E-state index contributed by atoms with van der Waals surface area (Å²) >= 11 is 0. The van der Waals surface area contributed by atoms with Crippen molar-refractivity contribution in [3.8, 4) is 5.75 Å². The van der Waals surface area contributed by atoms with Gasteiger partial charge in [0.2, 0.25) is 11.8 Å². The van der Waals surface area contributed by atoms with Gasteiger partial charge < -0.3 is 34.2 Å². The van der Waals surface area contributed by atoms with E-state index in [2.05, 4.69) is 22.2 Å². The fourth-order valence-electron chi connectivity index (χ4n) is 5.16. The fourth-order valence-corrected chi connectivity index (χ4v) is 5.16. The second-order valence-electron chi connectivity index (χ2n) is 10.00. The number of nitrogens with one attached hydrogen (secondary N) is 1. The Morgan fingerprint density at radius 3 is 2.65 bits per heavy atom. The van der Waals surface area contributed by atoms with Crippen molar-refractivity contribution in [3.63, 3.8) is 0 Å². The van der Waals surface area contributed by atoms with E-state index in [1.807, 2.05) is 4.90 Å². The molecule has 3 amide bonds. The predicted molar refractivity (Wildman–Crippen MR) is 136 cm³/mol. The van der Waals surface area contributed by atoms with Crippen molar-refractivity contribution >= 4 is 17.7 Å². The molecule has 3 atom stereocenters. The predicted octanol–water partition coefficient (Wildman–Crippen LogP) is -0.484. The lowest BCUT2D eigenvalue weighted by Crippen LogP contribution is -2.51. The Kier molecular flexibility index (Phi) is 9.36. The number of carbonyl (C=O) groups is 3. The summed E-state index contributed by atoms with van der Waals surface area (Å²) in [4.78, 5) is 47.4. The lowest BCUT2D eigenvalue weighted by molar-refractivity contribution is -0.140. The number of rotatable bonds is 5. The number of likely N-dealkylation sites (N-methyl/N-ethyl adjacent to an activating group) is 2. The van der Waals surface area contributed by atoms with E-state index in [9.17, 15) is 14.4 Å². The first-order chi connectivity index (χ1) is 17.9. The Hall–Kier alpha value is -2.73. The van der Waals surface area contributed by atoms with Gasteiger partial charge in [-0.1, -0.05) is 6.07 Å². The molecule has 2 fully saturated rings. The summed E-state index contributed by atoms with van der Waals surface area (Å²) in [5, 5.41) is 2.77. The summed E-state index contributed by atoms with van der Waals surface area (Å²) in [6, 6.07) is 6.21. The van der Waals surface area contributed by atoms with Crippen LogP contribution in [0.1, 0.15) is 16.8 Å². The maximum atomic E-state index is 13.3. The smallest absolute Gasteiger partial charge is 0.254 e. The average molecular weight is 518 g/mol.